The third kappa shape index (κ3) is 3.03. The fraction of sp³-hybridized carbons (Fsp3) is 0.300. The molecule has 128 valence electrons. The van der Waals surface area contributed by atoms with E-state index in [-0.39, 0.29) is 11.9 Å². The van der Waals surface area contributed by atoms with Gasteiger partial charge in [0.25, 0.3) is 5.91 Å². The first-order valence-electron chi connectivity index (χ1n) is 8.80. The normalized spacial score (nSPS) is 17.8. The lowest BCUT2D eigenvalue weighted by molar-refractivity contribution is 0.0629. The molecule has 0 bridgehead atoms. The SMILES string of the molecule is CCc1ccc(C2CNCCN2C(=O)c2cn3ccccc3n2)cc1. The second kappa shape index (κ2) is 6.69. The van der Waals surface area contributed by atoms with Gasteiger partial charge in [0.2, 0.25) is 0 Å². The van der Waals surface area contributed by atoms with Crippen LogP contribution in [0.25, 0.3) is 5.65 Å². The number of amides is 1. The molecule has 5 nitrogen and oxygen atoms in total. The van der Waals surface area contributed by atoms with Gasteiger partial charge < -0.3 is 14.6 Å². The van der Waals surface area contributed by atoms with E-state index in [1.807, 2.05) is 39.9 Å². The number of aryl methyl sites for hydroxylation is 1. The number of benzene rings is 1. The van der Waals surface area contributed by atoms with E-state index >= 15 is 0 Å². The van der Waals surface area contributed by atoms with Crippen molar-refractivity contribution < 1.29 is 4.79 Å². The Labute approximate surface area is 147 Å². The Kier molecular flexibility index (Phi) is 4.24. The number of carbonyl (C=O) groups is 1. The standard InChI is InChI=1S/C20H22N4O/c1-2-15-6-8-16(9-7-15)18-13-21-10-12-24(18)20(25)17-14-23-11-4-3-5-19(23)22-17/h3-9,11,14,18,21H,2,10,12-13H2,1H3. The maximum Gasteiger partial charge on any atom is 0.274 e. The zero-order valence-corrected chi connectivity index (χ0v) is 14.4. The van der Waals surface area contributed by atoms with Crippen LogP contribution in [0.4, 0.5) is 0 Å². The lowest BCUT2D eigenvalue weighted by Crippen LogP contribution is -2.48. The van der Waals surface area contributed by atoms with Crippen molar-refractivity contribution in [3.8, 4) is 0 Å². The van der Waals surface area contributed by atoms with Crippen molar-refractivity contribution in [1.82, 2.24) is 19.6 Å². The molecule has 1 aromatic carbocycles. The Morgan fingerprint density at radius 1 is 1.24 bits per heavy atom. The van der Waals surface area contributed by atoms with Crippen LogP contribution in [0, 0.1) is 0 Å². The van der Waals surface area contributed by atoms with Crippen LogP contribution in [-0.2, 0) is 6.42 Å². The molecule has 3 aromatic rings. The van der Waals surface area contributed by atoms with Crippen LogP contribution in [-0.4, -0.2) is 39.8 Å². The quantitative estimate of drug-likeness (QED) is 0.801. The molecule has 3 heterocycles. The Hall–Kier alpha value is -2.66. The molecule has 25 heavy (non-hydrogen) atoms. The number of imidazole rings is 1. The molecule has 0 aliphatic carbocycles. The molecule has 0 saturated carbocycles. The third-order valence-electron chi connectivity index (χ3n) is 4.86. The summed E-state index contributed by atoms with van der Waals surface area (Å²) in [6.45, 7) is 4.41. The number of pyridine rings is 1. The van der Waals surface area contributed by atoms with E-state index in [4.69, 9.17) is 0 Å². The van der Waals surface area contributed by atoms with Gasteiger partial charge >= 0.3 is 0 Å². The summed E-state index contributed by atoms with van der Waals surface area (Å²) in [4.78, 5) is 19.5. The molecule has 1 aliphatic rings. The highest BCUT2D eigenvalue weighted by Crippen LogP contribution is 2.24. The molecule has 1 atom stereocenters. The number of rotatable bonds is 3. The zero-order chi connectivity index (χ0) is 17.2. The van der Waals surface area contributed by atoms with Crippen LogP contribution in [0.1, 0.15) is 34.6 Å². The second-order valence-corrected chi connectivity index (χ2v) is 6.41. The summed E-state index contributed by atoms with van der Waals surface area (Å²) in [5.41, 5.74) is 3.78. The summed E-state index contributed by atoms with van der Waals surface area (Å²) in [6, 6.07) is 14.4. The molecule has 1 saturated heterocycles. The maximum absolute atomic E-state index is 13.1. The van der Waals surface area contributed by atoms with Crippen LogP contribution >= 0.6 is 0 Å². The van der Waals surface area contributed by atoms with Gasteiger partial charge in [-0.15, -0.1) is 0 Å². The number of nitrogens with one attached hydrogen (secondary N) is 1. The first kappa shape index (κ1) is 15.8. The van der Waals surface area contributed by atoms with E-state index in [0.29, 0.717) is 12.2 Å². The van der Waals surface area contributed by atoms with Crippen molar-refractivity contribution in [2.75, 3.05) is 19.6 Å². The van der Waals surface area contributed by atoms with Gasteiger partial charge in [0.15, 0.2) is 0 Å². The molecule has 0 radical (unpaired) electrons. The van der Waals surface area contributed by atoms with Crippen molar-refractivity contribution in [1.29, 1.82) is 0 Å². The molecule has 1 unspecified atom stereocenters. The maximum atomic E-state index is 13.1. The zero-order valence-electron chi connectivity index (χ0n) is 14.4. The van der Waals surface area contributed by atoms with E-state index < -0.39 is 0 Å². The van der Waals surface area contributed by atoms with Crippen molar-refractivity contribution in [3.05, 3.63) is 71.7 Å². The largest absolute Gasteiger partial charge is 0.328 e. The number of hydrogen-bond acceptors (Lipinski definition) is 3. The van der Waals surface area contributed by atoms with Crippen molar-refractivity contribution in [2.45, 2.75) is 19.4 Å². The molecular formula is C20H22N4O. The monoisotopic (exact) mass is 334 g/mol. The Morgan fingerprint density at radius 3 is 2.84 bits per heavy atom. The predicted octanol–water partition coefficient (Wildman–Crippen LogP) is 2.68. The second-order valence-electron chi connectivity index (χ2n) is 6.41. The molecule has 1 amide bonds. The Bertz CT molecular complexity index is 851. The number of hydrogen-bond donors (Lipinski definition) is 1. The summed E-state index contributed by atoms with van der Waals surface area (Å²) >= 11 is 0. The van der Waals surface area contributed by atoms with Crippen molar-refractivity contribution >= 4 is 11.6 Å². The molecule has 1 fully saturated rings. The van der Waals surface area contributed by atoms with E-state index in [9.17, 15) is 4.79 Å². The van der Waals surface area contributed by atoms with Gasteiger partial charge in [-0.3, -0.25) is 4.79 Å². The van der Waals surface area contributed by atoms with E-state index in [1.54, 1.807) is 0 Å². The topological polar surface area (TPSA) is 49.6 Å². The third-order valence-corrected chi connectivity index (χ3v) is 4.86. The minimum absolute atomic E-state index is 0.00484. The number of nitrogens with zero attached hydrogens (tertiary/aromatic N) is 3. The van der Waals surface area contributed by atoms with Gasteiger partial charge in [-0.25, -0.2) is 4.98 Å². The lowest BCUT2D eigenvalue weighted by Gasteiger charge is -2.36. The number of fused-ring (bicyclic) bond motifs is 1. The molecule has 0 spiro atoms. The van der Waals surface area contributed by atoms with Crippen LogP contribution in [0.3, 0.4) is 0 Å². The van der Waals surface area contributed by atoms with Crippen LogP contribution in [0.15, 0.2) is 54.9 Å². The van der Waals surface area contributed by atoms with Crippen LogP contribution in [0.5, 0.6) is 0 Å². The highest BCUT2D eigenvalue weighted by Gasteiger charge is 2.29. The van der Waals surface area contributed by atoms with Crippen LogP contribution < -0.4 is 5.32 Å². The fourth-order valence-corrected chi connectivity index (χ4v) is 3.41. The van der Waals surface area contributed by atoms with Gasteiger partial charge in [0, 0.05) is 32.0 Å². The molecular weight excluding hydrogens is 312 g/mol. The summed E-state index contributed by atoms with van der Waals surface area (Å²) < 4.78 is 1.89. The first-order valence-corrected chi connectivity index (χ1v) is 8.80. The lowest BCUT2D eigenvalue weighted by atomic mass is 10.0. The van der Waals surface area contributed by atoms with Gasteiger partial charge in [0.1, 0.15) is 11.3 Å². The average Bonchev–Trinajstić information content (AvgIpc) is 3.12. The van der Waals surface area contributed by atoms with Gasteiger partial charge in [-0.2, -0.15) is 0 Å². The van der Waals surface area contributed by atoms with Gasteiger partial charge in [-0.1, -0.05) is 37.3 Å². The number of aromatic nitrogens is 2. The molecule has 2 aromatic heterocycles. The summed E-state index contributed by atoms with van der Waals surface area (Å²) in [5.74, 6) is -0.00484. The first-order chi connectivity index (χ1) is 12.3. The molecule has 4 rings (SSSR count). The highest BCUT2D eigenvalue weighted by molar-refractivity contribution is 5.93. The van der Waals surface area contributed by atoms with Gasteiger partial charge in [0.05, 0.1) is 6.04 Å². The Balaban J connectivity index is 1.64. The van der Waals surface area contributed by atoms with Crippen molar-refractivity contribution in [2.24, 2.45) is 0 Å². The number of piperazine rings is 1. The van der Waals surface area contributed by atoms with Crippen LogP contribution in [0.2, 0.25) is 0 Å². The van der Waals surface area contributed by atoms with Crippen molar-refractivity contribution in [3.63, 3.8) is 0 Å². The fourth-order valence-electron chi connectivity index (χ4n) is 3.41. The highest BCUT2D eigenvalue weighted by atomic mass is 16.2. The minimum Gasteiger partial charge on any atom is -0.328 e. The van der Waals surface area contributed by atoms with E-state index in [1.165, 1.54) is 11.1 Å². The summed E-state index contributed by atoms with van der Waals surface area (Å²) in [7, 11) is 0. The Morgan fingerprint density at radius 2 is 2.08 bits per heavy atom. The minimum atomic E-state index is -0.00484. The van der Waals surface area contributed by atoms with Gasteiger partial charge in [-0.05, 0) is 29.7 Å². The van der Waals surface area contributed by atoms with E-state index in [2.05, 4.69) is 41.5 Å². The van der Waals surface area contributed by atoms with E-state index in [0.717, 1.165) is 25.2 Å². The summed E-state index contributed by atoms with van der Waals surface area (Å²) in [5, 5.41) is 3.41. The molecule has 1 N–H and O–H groups in total. The summed E-state index contributed by atoms with van der Waals surface area (Å²) in [6.07, 6.45) is 4.75. The molecule has 5 heteroatoms. The smallest absolute Gasteiger partial charge is 0.274 e. The average molecular weight is 334 g/mol. The number of carbonyl (C=O) groups excluding carboxylic acids is 1. The predicted molar refractivity (Wildman–Crippen MR) is 97.7 cm³/mol. The molecule has 1 aliphatic heterocycles.